The van der Waals surface area contributed by atoms with Crippen LogP contribution >= 0.6 is 0 Å². The lowest BCUT2D eigenvalue weighted by molar-refractivity contribution is 1.32. The number of rotatable bonds is 0. The molecule has 1 aromatic carbocycles. The second-order valence-electron chi connectivity index (χ2n) is 2.61. The molecular weight excluding hydrogens is 134 g/mol. The Hall–Kier alpha value is -1.37. The number of para-hydroxylation sites is 1. The van der Waals surface area contributed by atoms with Crippen molar-refractivity contribution >= 4 is 10.9 Å². The van der Waals surface area contributed by atoms with Crippen molar-refractivity contribution in [1.29, 1.82) is 0 Å². The van der Waals surface area contributed by atoms with Gasteiger partial charge in [-0.3, -0.25) is 0 Å². The Bertz CT molecular complexity index is 379. The molecule has 0 atom stereocenters. The Morgan fingerprint density at radius 1 is 1.27 bits per heavy atom. The summed E-state index contributed by atoms with van der Waals surface area (Å²) in [6, 6.07) is 10.1. The number of fused-ring (bicyclic) bond motifs is 1. The Morgan fingerprint density at radius 2 is 2.09 bits per heavy atom. The Balaban J connectivity index is 2.83. The molecule has 0 unspecified atom stereocenters. The molecule has 2 aromatic rings. The van der Waals surface area contributed by atoms with Crippen LogP contribution in [-0.2, 0) is 0 Å². The van der Waals surface area contributed by atoms with E-state index in [0.717, 1.165) is 11.1 Å². The van der Waals surface area contributed by atoms with Gasteiger partial charge in [0, 0.05) is 5.39 Å². The summed E-state index contributed by atoms with van der Waals surface area (Å²) < 4.78 is 0. The van der Waals surface area contributed by atoms with Crippen LogP contribution < -0.4 is 0 Å². The fourth-order valence-electron chi connectivity index (χ4n) is 1.13. The summed E-state index contributed by atoms with van der Waals surface area (Å²) in [5.74, 6) is 0. The molecule has 1 aromatic heterocycles. The van der Waals surface area contributed by atoms with Gasteiger partial charge < -0.3 is 0 Å². The highest BCUT2D eigenvalue weighted by Gasteiger charge is 1.91. The normalized spacial score (nSPS) is 10.3. The van der Waals surface area contributed by atoms with Crippen LogP contribution in [0, 0.1) is 13.1 Å². The van der Waals surface area contributed by atoms with Crippen molar-refractivity contribution < 1.29 is 0 Å². The van der Waals surface area contributed by atoms with Crippen LogP contribution in [0.2, 0.25) is 0 Å². The summed E-state index contributed by atoms with van der Waals surface area (Å²) >= 11 is 0. The molecule has 0 bridgehead atoms. The maximum atomic E-state index is 4.16. The molecule has 0 aliphatic rings. The number of aromatic nitrogens is 1. The van der Waals surface area contributed by atoms with Gasteiger partial charge in [-0.25, -0.2) is 4.98 Å². The number of hydrogen-bond acceptors (Lipinski definition) is 1. The van der Waals surface area contributed by atoms with Crippen molar-refractivity contribution in [2.45, 2.75) is 6.92 Å². The lowest BCUT2D eigenvalue weighted by Crippen LogP contribution is -1.79. The second kappa shape index (κ2) is 2.35. The molecule has 11 heavy (non-hydrogen) atoms. The van der Waals surface area contributed by atoms with Gasteiger partial charge >= 0.3 is 0 Å². The van der Waals surface area contributed by atoms with Crippen LogP contribution in [0.3, 0.4) is 0 Å². The third-order valence-electron chi connectivity index (χ3n) is 1.66. The molecule has 0 fully saturated rings. The number of aryl methyl sites for hydroxylation is 1. The third kappa shape index (κ3) is 1.09. The molecule has 1 heterocycles. The van der Waals surface area contributed by atoms with Crippen molar-refractivity contribution in [2.75, 3.05) is 0 Å². The van der Waals surface area contributed by atoms with E-state index in [1.165, 1.54) is 5.39 Å². The van der Waals surface area contributed by atoms with E-state index in [1.807, 2.05) is 25.1 Å². The first-order valence-corrected chi connectivity index (χ1v) is 3.60. The summed E-state index contributed by atoms with van der Waals surface area (Å²) in [4.78, 5) is 4.16. The van der Waals surface area contributed by atoms with E-state index >= 15 is 0 Å². The largest absolute Gasteiger partial charge is 0.246 e. The van der Waals surface area contributed by atoms with E-state index in [4.69, 9.17) is 0 Å². The van der Waals surface area contributed by atoms with Crippen LogP contribution in [-0.4, -0.2) is 4.98 Å². The molecule has 0 spiro atoms. The smallest absolute Gasteiger partial charge is 0.0926 e. The molecule has 1 heteroatoms. The van der Waals surface area contributed by atoms with E-state index in [-0.39, 0.29) is 0 Å². The fourth-order valence-corrected chi connectivity index (χ4v) is 1.13. The number of benzene rings is 1. The van der Waals surface area contributed by atoms with Crippen LogP contribution in [0.15, 0.2) is 30.3 Å². The first kappa shape index (κ1) is 6.35. The zero-order valence-electron chi connectivity index (χ0n) is 6.33. The van der Waals surface area contributed by atoms with Crippen molar-refractivity contribution in [3.63, 3.8) is 0 Å². The van der Waals surface area contributed by atoms with Gasteiger partial charge in [0.05, 0.1) is 11.7 Å². The second-order valence-corrected chi connectivity index (χ2v) is 2.61. The lowest BCUT2D eigenvalue weighted by atomic mass is 10.2. The van der Waals surface area contributed by atoms with Crippen molar-refractivity contribution in [3.05, 3.63) is 42.1 Å². The molecule has 0 aliphatic heterocycles. The van der Waals surface area contributed by atoms with Crippen molar-refractivity contribution in [3.8, 4) is 0 Å². The minimum Gasteiger partial charge on any atom is -0.246 e. The summed E-state index contributed by atoms with van der Waals surface area (Å²) in [5.41, 5.74) is 2.10. The summed E-state index contributed by atoms with van der Waals surface area (Å²) in [5, 5.41) is 1.18. The maximum absolute atomic E-state index is 4.16. The van der Waals surface area contributed by atoms with Gasteiger partial charge in [-0.1, -0.05) is 18.2 Å². The van der Waals surface area contributed by atoms with E-state index in [1.54, 1.807) is 0 Å². The molecule has 0 N–H and O–H groups in total. The lowest BCUT2D eigenvalue weighted by Gasteiger charge is -1.95. The van der Waals surface area contributed by atoms with Crippen molar-refractivity contribution in [1.82, 2.24) is 4.98 Å². The number of nitrogens with zero attached hydrogens (tertiary/aromatic N) is 1. The first-order chi connectivity index (χ1) is 5.36. The molecule has 0 amide bonds. The molecule has 53 valence electrons. The zero-order valence-corrected chi connectivity index (χ0v) is 6.33. The van der Waals surface area contributed by atoms with Crippen LogP contribution in [0.25, 0.3) is 10.9 Å². The highest BCUT2D eigenvalue weighted by Crippen LogP contribution is 2.10. The number of pyridine rings is 1. The summed E-state index contributed by atoms with van der Waals surface area (Å²) in [6.45, 7) is 2.00. The molecular formula is C10H8N. The standard InChI is InChI=1S/C10H8N/c1-8-6-9-4-2-3-5-10(9)11-7-8/h2-6H,1H3. The van der Waals surface area contributed by atoms with Gasteiger partial charge in [-0.05, 0) is 24.6 Å². The van der Waals surface area contributed by atoms with E-state index in [0.29, 0.717) is 0 Å². The molecule has 0 saturated carbocycles. The maximum Gasteiger partial charge on any atom is 0.0926 e. The van der Waals surface area contributed by atoms with E-state index < -0.39 is 0 Å². The van der Waals surface area contributed by atoms with Gasteiger partial charge in [-0.2, -0.15) is 0 Å². The first-order valence-electron chi connectivity index (χ1n) is 3.60. The summed E-state index contributed by atoms with van der Waals surface area (Å²) in [7, 11) is 0. The van der Waals surface area contributed by atoms with Gasteiger partial charge in [0.15, 0.2) is 0 Å². The van der Waals surface area contributed by atoms with Crippen LogP contribution in [0.1, 0.15) is 5.56 Å². The van der Waals surface area contributed by atoms with Gasteiger partial charge in [0.2, 0.25) is 0 Å². The van der Waals surface area contributed by atoms with Crippen LogP contribution in [0.5, 0.6) is 0 Å². The SMILES string of the molecule is Cc1[c]nc2ccccc2c1. The quantitative estimate of drug-likeness (QED) is 0.550. The average Bonchev–Trinajstić information content (AvgIpc) is 2.04. The fraction of sp³-hybridized carbons (Fsp3) is 0.100. The van der Waals surface area contributed by atoms with Gasteiger partial charge in [-0.15, -0.1) is 0 Å². The highest BCUT2D eigenvalue weighted by molar-refractivity contribution is 5.78. The van der Waals surface area contributed by atoms with E-state index in [2.05, 4.69) is 23.3 Å². The van der Waals surface area contributed by atoms with Crippen molar-refractivity contribution in [2.24, 2.45) is 0 Å². The third-order valence-corrected chi connectivity index (χ3v) is 1.66. The molecule has 0 saturated heterocycles. The van der Waals surface area contributed by atoms with Gasteiger partial charge in [0.1, 0.15) is 0 Å². The highest BCUT2D eigenvalue weighted by atomic mass is 14.6. The van der Waals surface area contributed by atoms with Crippen LogP contribution in [0.4, 0.5) is 0 Å². The zero-order chi connectivity index (χ0) is 7.68. The summed E-state index contributed by atoms with van der Waals surface area (Å²) in [6.07, 6.45) is 2.92. The minimum atomic E-state index is 1.01. The molecule has 0 aliphatic carbocycles. The van der Waals surface area contributed by atoms with E-state index in [9.17, 15) is 0 Å². The Kier molecular flexibility index (Phi) is 1.35. The van der Waals surface area contributed by atoms with Gasteiger partial charge in [0.25, 0.3) is 0 Å². The minimum absolute atomic E-state index is 1.01. The average molecular weight is 142 g/mol. The topological polar surface area (TPSA) is 12.9 Å². The monoisotopic (exact) mass is 142 g/mol. The number of hydrogen-bond donors (Lipinski definition) is 0. The predicted molar refractivity (Wildman–Crippen MR) is 45.3 cm³/mol. The Labute approximate surface area is 65.7 Å². The molecule has 1 radical (unpaired) electrons. The molecule has 2 rings (SSSR count). The Morgan fingerprint density at radius 3 is 3.00 bits per heavy atom. The predicted octanol–water partition coefficient (Wildman–Crippen LogP) is 2.34. The molecule has 1 nitrogen and oxygen atoms in total.